The molecule has 1 heterocycles. The Morgan fingerprint density at radius 3 is 2.62 bits per heavy atom. The molecule has 0 aliphatic carbocycles. The number of benzene rings is 1. The number of carboxylic acid groups (broad SMARTS) is 1. The summed E-state index contributed by atoms with van der Waals surface area (Å²) in [5, 5.41) is 9.20. The van der Waals surface area contributed by atoms with E-state index in [0.717, 1.165) is 5.56 Å². The van der Waals surface area contributed by atoms with E-state index in [1.165, 1.54) is 6.07 Å². The molecule has 21 heavy (non-hydrogen) atoms. The van der Waals surface area contributed by atoms with Crippen LogP contribution in [0.2, 0.25) is 0 Å². The molecule has 2 rings (SSSR count). The van der Waals surface area contributed by atoms with E-state index >= 15 is 0 Å². The molecule has 1 aromatic carbocycles. The second kappa shape index (κ2) is 6.58. The molecule has 0 aromatic heterocycles. The maximum absolute atomic E-state index is 12.2. The lowest BCUT2D eigenvalue weighted by atomic mass is 10.1. The number of carbonyl (C=O) groups excluding carboxylic acids is 1. The standard InChI is InChI=1S/C15H19NO5/c1-10-3-4-13(12(9-10)15(18)19)21-11(2)14(17)16-5-7-20-8-6-16/h3-4,9,11H,5-8H2,1-2H3,(H,18,19). The van der Waals surface area contributed by atoms with Gasteiger partial charge in [0.1, 0.15) is 11.3 Å². The van der Waals surface area contributed by atoms with Crippen molar-refractivity contribution < 1.29 is 24.2 Å². The molecule has 0 radical (unpaired) electrons. The molecule has 0 spiro atoms. The number of morpholine rings is 1. The maximum atomic E-state index is 12.2. The van der Waals surface area contributed by atoms with Crippen molar-refractivity contribution in [3.05, 3.63) is 29.3 Å². The summed E-state index contributed by atoms with van der Waals surface area (Å²) >= 11 is 0. The van der Waals surface area contributed by atoms with E-state index in [-0.39, 0.29) is 17.2 Å². The van der Waals surface area contributed by atoms with Crippen LogP contribution in [0.25, 0.3) is 0 Å². The predicted molar refractivity (Wildman–Crippen MR) is 75.6 cm³/mol. The van der Waals surface area contributed by atoms with Crippen molar-refractivity contribution in [1.29, 1.82) is 0 Å². The highest BCUT2D eigenvalue weighted by Crippen LogP contribution is 2.22. The van der Waals surface area contributed by atoms with E-state index in [1.807, 2.05) is 0 Å². The molecule has 0 saturated carbocycles. The Morgan fingerprint density at radius 1 is 1.33 bits per heavy atom. The van der Waals surface area contributed by atoms with Crippen molar-refractivity contribution in [2.45, 2.75) is 20.0 Å². The van der Waals surface area contributed by atoms with Crippen LogP contribution < -0.4 is 4.74 Å². The first kappa shape index (κ1) is 15.3. The highest BCUT2D eigenvalue weighted by Gasteiger charge is 2.25. The molecule has 1 atom stereocenters. The van der Waals surface area contributed by atoms with Crippen LogP contribution in [-0.4, -0.2) is 54.3 Å². The minimum atomic E-state index is -1.07. The summed E-state index contributed by atoms with van der Waals surface area (Å²) in [6.45, 7) is 5.53. The fourth-order valence-corrected chi connectivity index (χ4v) is 2.20. The molecule has 1 amide bonds. The summed E-state index contributed by atoms with van der Waals surface area (Å²) in [5.74, 6) is -1.02. The highest BCUT2D eigenvalue weighted by molar-refractivity contribution is 5.91. The summed E-state index contributed by atoms with van der Waals surface area (Å²) in [5.41, 5.74) is 0.892. The van der Waals surface area contributed by atoms with Crippen molar-refractivity contribution in [3.8, 4) is 5.75 Å². The van der Waals surface area contributed by atoms with Crippen LogP contribution in [0.5, 0.6) is 5.75 Å². The summed E-state index contributed by atoms with van der Waals surface area (Å²) in [6.07, 6.45) is -0.732. The number of hydrogen-bond donors (Lipinski definition) is 1. The number of aromatic carboxylic acids is 1. The molecule has 6 nitrogen and oxygen atoms in total. The summed E-state index contributed by atoms with van der Waals surface area (Å²) in [4.78, 5) is 25.2. The van der Waals surface area contributed by atoms with Gasteiger partial charge in [-0.3, -0.25) is 4.79 Å². The molecular formula is C15H19NO5. The molecule has 1 fully saturated rings. The Bertz CT molecular complexity index is 537. The van der Waals surface area contributed by atoms with Gasteiger partial charge in [-0.1, -0.05) is 11.6 Å². The van der Waals surface area contributed by atoms with E-state index in [2.05, 4.69) is 0 Å². The lowest BCUT2D eigenvalue weighted by molar-refractivity contribution is -0.142. The Labute approximate surface area is 123 Å². The summed E-state index contributed by atoms with van der Waals surface area (Å²) in [7, 11) is 0. The van der Waals surface area contributed by atoms with Crippen LogP contribution in [0, 0.1) is 6.92 Å². The van der Waals surface area contributed by atoms with Crippen molar-refractivity contribution in [3.63, 3.8) is 0 Å². The minimum Gasteiger partial charge on any atom is -0.480 e. The highest BCUT2D eigenvalue weighted by atomic mass is 16.5. The van der Waals surface area contributed by atoms with Gasteiger partial charge >= 0.3 is 5.97 Å². The van der Waals surface area contributed by atoms with E-state index in [9.17, 15) is 14.7 Å². The largest absolute Gasteiger partial charge is 0.480 e. The molecular weight excluding hydrogens is 274 g/mol. The summed E-state index contributed by atoms with van der Waals surface area (Å²) < 4.78 is 10.8. The van der Waals surface area contributed by atoms with Crippen LogP contribution >= 0.6 is 0 Å². The number of rotatable bonds is 4. The first-order chi connectivity index (χ1) is 9.99. The number of aryl methyl sites for hydroxylation is 1. The SMILES string of the molecule is Cc1ccc(OC(C)C(=O)N2CCOCC2)c(C(=O)O)c1. The number of ether oxygens (including phenoxy) is 2. The number of carboxylic acids is 1. The molecule has 1 N–H and O–H groups in total. The molecule has 114 valence electrons. The van der Waals surface area contributed by atoms with E-state index in [0.29, 0.717) is 26.3 Å². The Morgan fingerprint density at radius 2 is 2.00 bits per heavy atom. The maximum Gasteiger partial charge on any atom is 0.339 e. The van der Waals surface area contributed by atoms with E-state index < -0.39 is 12.1 Å². The van der Waals surface area contributed by atoms with Crippen LogP contribution in [0.1, 0.15) is 22.8 Å². The third kappa shape index (κ3) is 3.72. The minimum absolute atomic E-state index is 0.0663. The third-order valence-electron chi connectivity index (χ3n) is 3.34. The van der Waals surface area contributed by atoms with Gasteiger partial charge in [-0.25, -0.2) is 4.79 Å². The van der Waals surface area contributed by atoms with Crippen molar-refractivity contribution in [2.24, 2.45) is 0 Å². The number of carbonyl (C=O) groups is 2. The van der Waals surface area contributed by atoms with Crippen LogP contribution in [-0.2, 0) is 9.53 Å². The van der Waals surface area contributed by atoms with Crippen LogP contribution in [0.3, 0.4) is 0 Å². The number of amides is 1. The lowest BCUT2D eigenvalue weighted by Crippen LogP contribution is -2.46. The fourth-order valence-electron chi connectivity index (χ4n) is 2.20. The zero-order valence-electron chi connectivity index (χ0n) is 12.2. The average molecular weight is 293 g/mol. The molecule has 1 aliphatic rings. The van der Waals surface area contributed by atoms with Gasteiger partial charge in [0.2, 0.25) is 0 Å². The molecule has 0 bridgehead atoms. The predicted octanol–water partition coefficient (Wildman–Crippen LogP) is 1.32. The first-order valence-corrected chi connectivity index (χ1v) is 6.86. The normalized spacial score (nSPS) is 16.4. The third-order valence-corrected chi connectivity index (χ3v) is 3.34. The molecule has 1 unspecified atom stereocenters. The average Bonchev–Trinajstić information content (AvgIpc) is 2.49. The smallest absolute Gasteiger partial charge is 0.339 e. The molecule has 1 saturated heterocycles. The second-order valence-electron chi connectivity index (χ2n) is 5.00. The van der Waals surface area contributed by atoms with Gasteiger partial charge in [-0.15, -0.1) is 0 Å². The lowest BCUT2D eigenvalue weighted by Gasteiger charge is -2.29. The topological polar surface area (TPSA) is 76.1 Å². The Hall–Kier alpha value is -2.08. The van der Waals surface area contributed by atoms with Crippen LogP contribution in [0.15, 0.2) is 18.2 Å². The van der Waals surface area contributed by atoms with Gasteiger partial charge in [-0.05, 0) is 26.0 Å². The van der Waals surface area contributed by atoms with Crippen molar-refractivity contribution in [2.75, 3.05) is 26.3 Å². The van der Waals surface area contributed by atoms with Crippen molar-refractivity contribution >= 4 is 11.9 Å². The summed E-state index contributed by atoms with van der Waals surface area (Å²) in [6, 6.07) is 4.87. The van der Waals surface area contributed by atoms with E-state index in [4.69, 9.17) is 9.47 Å². The van der Waals surface area contributed by atoms with Gasteiger partial charge in [-0.2, -0.15) is 0 Å². The zero-order chi connectivity index (χ0) is 15.4. The van der Waals surface area contributed by atoms with Crippen LogP contribution in [0.4, 0.5) is 0 Å². The first-order valence-electron chi connectivity index (χ1n) is 6.86. The Balaban J connectivity index is 2.10. The van der Waals surface area contributed by atoms with Gasteiger partial charge in [0.05, 0.1) is 13.2 Å². The molecule has 1 aliphatic heterocycles. The molecule has 1 aromatic rings. The van der Waals surface area contributed by atoms with Crippen molar-refractivity contribution in [1.82, 2.24) is 4.90 Å². The number of nitrogens with zero attached hydrogens (tertiary/aromatic N) is 1. The number of hydrogen-bond acceptors (Lipinski definition) is 4. The Kier molecular flexibility index (Phi) is 4.80. The molecule has 6 heteroatoms. The van der Waals surface area contributed by atoms with Gasteiger partial charge in [0.25, 0.3) is 5.91 Å². The van der Waals surface area contributed by atoms with Gasteiger partial charge in [0.15, 0.2) is 6.10 Å². The van der Waals surface area contributed by atoms with E-state index in [1.54, 1.807) is 30.9 Å². The second-order valence-corrected chi connectivity index (χ2v) is 5.00. The van der Waals surface area contributed by atoms with Gasteiger partial charge in [0, 0.05) is 13.1 Å². The zero-order valence-corrected chi connectivity index (χ0v) is 12.2. The quantitative estimate of drug-likeness (QED) is 0.906. The van der Waals surface area contributed by atoms with Gasteiger partial charge < -0.3 is 19.5 Å². The monoisotopic (exact) mass is 293 g/mol. The fraction of sp³-hybridized carbons (Fsp3) is 0.467.